The zero-order valence-electron chi connectivity index (χ0n) is 12.9. The lowest BCUT2D eigenvalue weighted by Crippen LogP contribution is -2.43. The quantitative estimate of drug-likeness (QED) is 0.847. The van der Waals surface area contributed by atoms with Crippen molar-refractivity contribution >= 4 is 40.6 Å². The molecular weight excluding hydrogens is 321 g/mol. The van der Waals surface area contributed by atoms with Gasteiger partial charge in [-0.05, 0) is 30.4 Å². The van der Waals surface area contributed by atoms with Crippen LogP contribution in [0, 0.1) is 16.2 Å². The van der Waals surface area contributed by atoms with Gasteiger partial charge in [-0.15, -0.1) is 0 Å². The second kappa shape index (κ2) is 4.72. The summed E-state index contributed by atoms with van der Waals surface area (Å²) in [6, 6.07) is 5.14. The Labute approximate surface area is 140 Å². The molecule has 2 aliphatic carbocycles. The van der Waals surface area contributed by atoms with E-state index in [1.807, 2.05) is 20.8 Å². The third-order valence-electron chi connectivity index (χ3n) is 6.34. The molecule has 2 unspecified atom stereocenters. The first kappa shape index (κ1) is 15.8. The fourth-order valence-electron chi connectivity index (χ4n) is 4.20. The molecule has 0 aromatic heterocycles. The number of halogens is 2. The number of Topliss-reactive ketones (excluding diaryl/α,β-unsaturated/α-hetero) is 1. The summed E-state index contributed by atoms with van der Waals surface area (Å²) in [6.07, 6.45) is 1.79. The van der Waals surface area contributed by atoms with Crippen molar-refractivity contribution in [2.45, 2.75) is 40.0 Å². The molecule has 1 aromatic rings. The Hall–Kier alpha value is -1.06. The lowest BCUT2D eigenvalue weighted by atomic mass is 9.64. The lowest BCUT2D eigenvalue weighted by Gasteiger charge is -2.38. The Morgan fingerprint density at radius 3 is 2.41 bits per heavy atom. The predicted molar refractivity (Wildman–Crippen MR) is 88.3 cm³/mol. The number of amides is 1. The van der Waals surface area contributed by atoms with Crippen molar-refractivity contribution in [1.82, 2.24) is 0 Å². The Morgan fingerprint density at radius 1 is 1.18 bits per heavy atom. The van der Waals surface area contributed by atoms with Gasteiger partial charge in [-0.1, -0.05) is 50.0 Å². The van der Waals surface area contributed by atoms with E-state index in [4.69, 9.17) is 23.2 Å². The van der Waals surface area contributed by atoms with Crippen molar-refractivity contribution in [2.75, 3.05) is 5.32 Å². The van der Waals surface area contributed by atoms with Gasteiger partial charge in [-0.2, -0.15) is 0 Å². The van der Waals surface area contributed by atoms with Gasteiger partial charge in [0.15, 0.2) is 0 Å². The number of benzene rings is 1. The van der Waals surface area contributed by atoms with Crippen LogP contribution >= 0.6 is 23.2 Å². The number of hydrogen-bond acceptors (Lipinski definition) is 2. The average Bonchev–Trinajstić information content (AvgIpc) is 2.74. The topological polar surface area (TPSA) is 46.2 Å². The molecule has 3 rings (SSSR count). The number of ketones is 1. The second-order valence-corrected chi connectivity index (χ2v) is 7.98. The van der Waals surface area contributed by atoms with Gasteiger partial charge >= 0.3 is 0 Å². The molecule has 2 saturated carbocycles. The fourth-order valence-corrected chi connectivity index (χ4v) is 4.55. The molecule has 0 aliphatic heterocycles. The molecule has 0 spiro atoms. The highest BCUT2D eigenvalue weighted by atomic mass is 35.5. The fraction of sp³-hybridized carbons (Fsp3) is 0.529. The maximum absolute atomic E-state index is 13.0. The summed E-state index contributed by atoms with van der Waals surface area (Å²) < 4.78 is 0. The van der Waals surface area contributed by atoms with Crippen LogP contribution in [0.15, 0.2) is 18.2 Å². The minimum Gasteiger partial charge on any atom is -0.324 e. The molecule has 2 bridgehead atoms. The third-order valence-corrected chi connectivity index (χ3v) is 7.16. The minimum atomic E-state index is -0.662. The van der Waals surface area contributed by atoms with E-state index >= 15 is 0 Å². The zero-order valence-corrected chi connectivity index (χ0v) is 14.4. The Balaban J connectivity index is 1.96. The van der Waals surface area contributed by atoms with Crippen LogP contribution < -0.4 is 5.32 Å². The van der Waals surface area contributed by atoms with Crippen molar-refractivity contribution in [3.05, 3.63) is 28.2 Å². The summed E-state index contributed by atoms with van der Waals surface area (Å²) in [6.45, 7) is 6.05. The van der Waals surface area contributed by atoms with Crippen molar-refractivity contribution in [3.8, 4) is 0 Å². The standard InChI is InChI=1S/C17H19Cl2NO2/c1-15(2)16(3)7-8-17(15,9-12(16)21)14(22)20-11-6-4-5-10(18)13(11)19/h4-6H,7-9H2,1-3H3,(H,20,22). The minimum absolute atomic E-state index is 0.128. The number of carbonyl (C=O) groups is 2. The van der Waals surface area contributed by atoms with Crippen LogP contribution in [0.25, 0.3) is 0 Å². The number of fused-ring (bicyclic) bond motifs is 2. The van der Waals surface area contributed by atoms with E-state index < -0.39 is 10.8 Å². The lowest BCUT2D eigenvalue weighted by molar-refractivity contribution is -0.131. The van der Waals surface area contributed by atoms with Crippen LogP contribution in [0.1, 0.15) is 40.0 Å². The molecule has 22 heavy (non-hydrogen) atoms. The molecule has 1 amide bonds. The predicted octanol–water partition coefficient (Wildman–Crippen LogP) is 4.72. The summed E-state index contributed by atoms with van der Waals surface area (Å²) in [5.41, 5.74) is -0.948. The number of carbonyl (C=O) groups excluding carboxylic acids is 2. The summed E-state index contributed by atoms with van der Waals surface area (Å²) in [4.78, 5) is 25.4. The maximum Gasteiger partial charge on any atom is 0.231 e. The second-order valence-electron chi connectivity index (χ2n) is 7.19. The van der Waals surface area contributed by atoms with E-state index in [9.17, 15) is 9.59 Å². The van der Waals surface area contributed by atoms with Crippen molar-refractivity contribution in [2.24, 2.45) is 16.2 Å². The van der Waals surface area contributed by atoms with Crippen molar-refractivity contribution < 1.29 is 9.59 Å². The van der Waals surface area contributed by atoms with Gasteiger partial charge in [0.2, 0.25) is 5.91 Å². The van der Waals surface area contributed by atoms with Crippen LogP contribution in [0.3, 0.4) is 0 Å². The number of anilines is 1. The average molecular weight is 340 g/mol. The highest BCUT2D eigenvalue weighted by Gasteiger charge is 2.72. The van der Waals surface area contributed by atoms with Crippen LogP contribution in [-0.4, -0.2) is 11.7 Å². The first-order valence-electron chi connectivity index (χ1n) is 7.44. The van der Waals surface area contributed by atoms with E-state index in [-0.39, 0.29) is 17.1 Å². The smallest absolute Gasteiger partial charge is 0.231 e. The summed E-state index contributed by atoms with van der Waals surface area (Å²) >= 11 is 12.2. The van der Waals surface area contributed by atoms with Gasteiger partial charge in [0.05, 0.1) is 21.1 Å². The Bertz CT molecular complexity index is 685. The molecule has 3 nitrogen and oxygen atoms in total. The van der Waals surface area contributed by atoms with E-state index in [2.05, 4.69) is 5.32 Å². The molecule has 5 heteroatoms. The molecule has 1 N–H and O–H groups in total. The molecule has 2 fully saturated rings. The third kappa shape index (κ3) is 1.75. The summed E-state index contributed by atoms with van der Waals surface area (Å²) in [5.74, 6) is 0.0623. The van der Waals surface area contributed by atoms with E-state index in [1.54, 1.807) is 18.2 Å². The van der Waals surface area contributed by atoms with Gasteiger partial charge in [0.25, 0.3) is 0 Å². The Kier molecular flexibility index (Phi) is 3.39. The van der Waals surface area contributed by atoms with Gasteiger partial charge < -0.3 is 5.32 Å². The SMILES string of the molecule is CC12CCC(C(=O)Nc3cccc(Cl)c3Cl)(CC1=O)C2(C)C. The first-order chi connectivity index (χ1) is 10.2. The van der Waals surface area contributed by atoms with E-state index in [1.165, 1.54) is 0 Å². The molecule has 2 aliphatic rings. The normalized spacial score (nSPS) is 32.3. The number of rotatable bonds is 2. The number of hydrogen-bond donors (Lipinski definition) is 1. The monoisotopic (exact) mass is 339 g/mol. The number of nitrogens with one attached hydrogen (secondary N) is 1. The van der Waals surface area contributed by atoms with Crippen LogP contribution in [-0.2, 0) is 9.59 Å². The van der Waals surface area contributed by atoms with Gasteiger partial charge in [-0.3, -0.25) is 9.59 Å². The van der Waals surface area contributed by atoms with E-state index in [0.717, 1.165) is 12.8 Å². The highest BCUT2D eigenvalue weighted by Crippen LogP contribution is 2.70. The molecule has 0 radical (unpaired) electrons. The highest BCUT2D eigenvalue weighted by molar-refractivity contribution is 6.44. The molecule has 0 saturated heterocycles. The van der Waals surface area contributed by atoms with Gasteiger partial charge in [-0.25, -0.2) is 0 Å². The molecule has 1 aromatic carbocycles. The van der Waals surface area contributed by atoms with Gasteiger partial charge in [0, 0.05) is 11.8 Å². The molecule has 118 valence electrons. The first-order valence-corrected chi connectivity index (χ1v) is 8.20. The zero-order chi connectivity index (χ0) is 16.3. The van der Waals surface area contributed by atoms with Crippen molar-refractivity contribution in [1.29, 1.82) is 0 Å². The maximum atomic E-state index is 13.0. The molecule has 2 atom stereocenters. The van der Waals surface area contributed by atoms with E-state index in [0.29, 0.717) is 22.2 Å². The molecular formula is C17H19Cl2NO2. The van der Waals surface area contributed by atoms with Crippen LogP contribution in [0.4, 0.5) is 5.69 Å². The van der Waals surface area contributed by atoms with Crippen LogP contribution in [0.2, 0.25) is 10.0 Å². The largest absolute Gasteiger partial charge is 0.324 e. The summed E-state index contributed by atoms with van der Waals surface area (Å²) in [5, 5.41) is 3.63. The van der Waals surface area contributed by atoms with Crippen molar-refractivity contribution in [3.63, 3.8) is 0 Å². The molecule has 0 heterocycles. The Morgan fingerprint density at radius 2 is 1.86 bits per heavy atom. The van der Waals surface area contributed by atoms with Gasteiger partial charge in [0.1, 0.15) is 5.78 Å². The van der Waals surface area contributed by atoms with Crippen LogP contribution in [0.5, 0.6) is 0 Å². The summed E-state index contributed by atoms with van der Waals surface area (Å²) in [7, 11) is 0.